The molecule has 0 radical (unpaired) electrons. The predicted octanol–water partition coefficient (Wildman–Crippen LogP) is 1.82. The zero-order valence-electron chi connectivity index (χ0n) is 15.4. The van der Waals surface area contributed by atoms with E-state index < -0.39 is 17.4 Å². The van der Waals surface area contributed by atoms with Crippen molar-refractivity contribution in [1.29, 1.82) is 0 Å². The third-order valence-corrected chi connectivity index (χ3v) is 5.52. The summed E-state index contributed by atoms with van der Waals surface area (Å²) in [5, 5.41) is 16.6. The van der Waals surface area contributed by atoms with E-state index in [9.17, 15) is 14.7 Å². The van der Waals surface area contributed by atoms with Crippen LogP contribution in [0.25, 0.3) is 5.78 Å². The molecular formula is C18H25N5O3. The Morgan fingerprint density at radius 1 is 1.38 bits per heavy atom. The van der Waals surface area contributed by atoms with Crippen LogP contribution >= 0.6 is 0 Å². The molecule has 1 saturated carbocycles. The number of aromatic nitrogens is 4. The second-order valence-corrected chi connectivity index (χ2v) is 7.34. The standard InChI is InChI=1S/C18H25N5O3/c1-11-13(12(2)23-17(21-11)19-10-20-23)7-8-15(24)22-18(3)9-5-4-6-14(18)16(25)26/h10,14H,4-9H2,1-3H3,(H,22,24)(H,25,26). The van der Waals surface area contributed by atoms with Crippen LogP contribution in [0.4, 0.5) is 0 Å². The van der Waals surface area contributed by atoms with Crippen LogP contribution < -0.4 is 5.32 Å². The number of carboxylic acids is 1. The Kier molecular flexibility index (Phi) is 4.93. The van der Waals surface area contributed by atoms with Gasteiger partial charge < -0.3 is 10.4 Å². The molecule has 26 heavy (non-hydrogen) atoms. The molecule has 2 N–H and O–H groups in total. The number of rotatable bonds is 5. The lowest BCUT2D eigenvalue weighted by molar-refractivity contribution is -0.146. The van der Waals surface area contributed by atoms with Gasteiger partial charge in [0.05, 0.1) is 11.5 Å². The lowest BCUT2D eigenvalue weighted by Crippen LogP contribution is -2.55. The Bertz CT molecular complexity index is 847. The second-order valence-electron chi connectivity index (χ2n) is 7.34. The van der Waals surface area contributed by atoms with E-state index >= 15 is 0 Å². The van der Waals surface area contributed by atoms with Crippen molar-refractivity contribution in [3.05, 3.63) is 23.3 Å². The summed E-state index contributed by atoms with van der Waals surface area (Å²) in [6.07, 6.45) is 5.40. The van der Waals surface area contributed by atoms with E-state index in [1.807, 2.05) is 20.8 Å². The van der Waals surface area contributed by atoms with Gasteiger partial charge in [-0.3, -0.25) is 9.59 Å². The van der Waals surface area contributed by atoms with Gasteiger partial charge in [0.2, 0.25) is 5.91 Å². The quantitative estimate of drug-likeness (QED) is 0.843. The molecule has 140 valence electrons. The molecule has 2 atom stereocenters. The first-order chi connectivity index (χ1) is 12.3. The van der Waals surface area contributed by atoms with Crippen LogP contribution in [0.2, 0.25) is 0 Å². The number of carbonyl (C=O) groups excluding carboxylic acids is 1. The number of nitrogens with zero attached hydrogens (tertiary/aromatic N) is 4. The summed E-state index contributed by atoms with van der Waals surface area (Å²) >= 11 is 0. The Morgan fingerprint density at radius 3 is 2.88 bits per heavy atom. The zero-order valence-corrected chi connectivity index (χ0v) is 15.4. The highest BCUT2D eigenvalue weighted by Crippen LogP contribution is 2.34. The molecule has 1 aliphatic carbocycles. The van der Waals surface area contributed by atoms with Crippen molar-refractivity contribution < 1.29 is 14.7 Å². The fourth-order valence-electron chi connectivity index (χ4n) is 4.02. The monoisotopic (exact) mass is 359 g/mol. The van der Waals surface area contributed by atoms with Crippen LogP contribution in [0.5, 0.6) is 0 Å². The molecule has 0 bridgehead atoms. The van der Waals surface area contributed by atoms with Gasteiger partial charge in [0.1, 0.15) is 6.33 Å². The zero-order chi connectivity index (χ0) is 18.9. The number of aryl methyl sites for hydroxylation is 2. The fourth-order valence-corrected chi connectivity index (χ4v) is 4.02. The first-order valence-electron chi connectivity index (χ1n) is 9.01. The van der Waals surface area contributed by atoms with Gasteiger partial charge in [0.25, 0.3) is 5.78 Å². The summed E-state index contributed by atoms with van der Waals surface area (Å²) in [5.41, 5.74) is 2.05. The van der Waals surface area contributed by atoms with E-state index in [2.05, 4.69) is 20.4 Å². The minimum Gasteiger partial charge on any atom is -0.481 e. The predicted molar refractivity (Wildman–Crippen MR) is 94.7 cm³/mol. The molecule has 2 heterocycles. The van der Waals surface area contributed by atoms with Crippen LogP contribution in [0.1, 0.15) is 56.0 Å². The summed E-state index contributed by atoms with van der Waals surface area (Å²) in [4.78, 5) is 32.6. The van der Waals surface area contributed by atoms with Gasteiger partial charge in [-0.05, 0) is 45.6 Å². The Hall–Kier alpha value is -2.51. The van der Waals surface area contributed by atoms with Crippen molar-refractivity contribution >= 4 is 17.7 Å². The summed E-state index contributed by atoms with van der Waals surface area (Å²) in [6.45, 7) is 5.69. The van der Waals surface area contributed by atoms with Crippen molar-refractivity contribution in [2.24, 2.45) is 5.92 Å². The molecule has 2 unspecified atom stereocenters. The van der Waals surface area contributed by atoms with Gasteiger partial charge in [0, 0.05) is 17.8 Å². The van der Waals surface area contributed by atoms with Gasteiger partial charge in [-0.2, -0.15) is 10.1 Å². The van der Waals surface area contributed by atoms with Crippen molar-refractivity contribution in [3.8, 4) is 0 Å². The first-order valence-corrected chi connectivity index (χ1v) is 9.01. The van der Waals surface area contributed by atoms with Crippen molar-refractivity contribution in [1.82, 2.24) is 24.9 Å². The third-order valence-electron chi connectivity index (χ3n) is 5.52. The second kappa shape index (κ2) is 7.01. The maximum atomic E-state index is 12.5. The highest BCUT2D eigenvalue weighted by Gasteiger charge is 2.42. The van der Waals surface area contributed by atoms with Gasteiger partial charge >= 0.3 is 5.97 Å². The van der Waals surface area contributed by atoms with Crippen LogP contribution in [0, 0.1) is 19.8 Å². The topological polar surface area (TPSA) is 109 Å². The Labute approximate surface area is 152 Å². The van der Waals surface area contributed by atoms with E-state index in [0.717, 1.165) is 29.8 Å². The summed E-state index contributed by atoms with van der Waals surface area (Å²) in [7, 11) is 0. The summed E-state index contributed by atoms with van der Waals surface area (Å²) in [6, 6.07) is 0. The van der Waals surface area contributed by atoms with Gasteiger partial charge in [-0.15, -0.1) is 0 Å². The lowest BCUT2D eigenvalue weighted by atomic mass is 9.74. The highest BCUT2D eigenvalue weighted by atomic mass is 16.4. The summed E-state index contributed by atoms with van der Waals surface area (Å²) in [5.74, 6) is -0.942. The van der Waals surface area contributed by atoms with E-state index in [1.165, 1.54) is 6.33 Å². The van der Waals surface area contributed by atoms with E-state index in [4.69, 9.17) is 0 Å². The molecule has 8 nitrogen and oxygen atoms in total. The molecule has 8 heteroatoms. The fraction of sp³-hybridized carbons (Fsp3) is 0.611. The maximum absolute atomic E-state index is 12.5. The molecule has 1 aliphatic rings. The van der Waals surface area contributed by atoms with Gasteiger partial charge in [-0.1, -0.05) is 12.8 Å². The molecule has 0 saturated heterocycles. The van der Waals surface area contributed by atoms with E-state index in [0.29, 0.717) is 25.0 Å². The molecular weight excluding hydrogens is 334 g/mol. The number of amides is 1. The average Bonchev–Trinajstić information content (AvgIpc) is 3.02. The van der Waals surface area contributed by atoms with E-state index in [-0.39, 0.29) is 12.3 Å². The molecule has 1 fully saturated rings. The van der Waals surface area contributed by atoms with Crippen molar-refractivity contribution in [3.63, 3.8) is 0 Å². The molecule has 0 spiro atoms. The SMILES string of the molecule is Cc1nc2ncnn2c(C)c1CCC(=O)NC1(C)CCCCC1C(=O)O. The van der Waals surface area contributed by atoms with Gasteiger partial charge in [0.15, 0.2) is 0 Å². The number of aliphatic carboxylic acids is 1. The number of carboxylic acid groups (broad SMARTS) is 1. The van der Waals surface area contributed by atoms with Crippen molar-refractivity contribution in [2.45, 2.75) is 64.8 Å². The smallest absolute Gasteiger partial charge is 0.308 e. The number of nitrogens with one attached hydrogen (secondary N) is 1. The number of hydrogen-bond acceptors (Lipinski definition) is 5. The Morgan fingerprint density at radius 2 is 2.15 bits per heavy atom. The largest absolute Gasteiger partial charge is 0.481 e. The lowest BCUT2D eigenvalue weighted by Gasteiger charge is -2.39. The van der Waals surface area contributed by atoms with Gasteiger partial charge in [-0.25, -0.2) is 9.50 Å². The van der Waals surface area contributed by atoms with Crippen molar-refractivity contribution in [2.75, 3.05) is 0 Å². The van der Waals surface area contributed by atoms with Crippen LogP contribution in [0.3, 0.4) is 0 Å². The average molecular weight is 359 g/mol. The van der Waals surface area contributed by atoms with E-state index in [1.54, 1.807) is 4.52 Å². The molecule has 2 aromatic rings. The summed E-state index contributed by atoms with van der Waals surface area (Å²) < 4.78 is 1.67. The molecule has 0 aromatic carbocycles. The highest BCUT2D eigenvalue weighted by molar-refractivity contribution is 5.79. The molecule has 2 aromatic heterocycles. The molecule has 3 rings (SSSR count). The Balaban J connectivity index is 1.70. The van der Waals surface area contributed by atoms with Crippen LogP contribution in [0.15, 0.2) is 6.33 Å². The number of fused-ring (bicyclic) bond motifs is 1. The van der Waals surface area contributed by atoms with Crippen LogP contribution in [-0.2, 0) is 16.0 Å². The minimum absolute atomic E-state index is 0.127. The normalized spacial score (nSPS) is 23.1. The molecule has 1 amide bonds. The maximum Gasteiger partial charge on any atom is 0.308 e. The minimum atomic E-state index is -0.833. The number of carbonyl (C=O) groups is 2. The molecule has 0 aliphatic heterocycles. The van der Waals surface area contributed by atoms with Crippen LogP contribution in [-0.4, -0.2) is 42.1 Å². The third kappa shape index (κ3) is 3.40. The first kappa shape index (κ1) is 18.3. The number of hydrogen-bond donors (Lipinski definition) is 2.